The number of aliphatic hydroxyl groups is 1. The smallest absolute Gasteiger partial charge is 0.417 e. The Bertz CT molecular complexity index is 1800. The van der Waals surface area contributed by atoms with E-state index in [0.717, 1.165) is 42.5 Å². The first kappa shape index (κ1) is 31.2. The number of nitrogens with two attached hydrogens (primary N) is 1. The highest BCUT2D eigenvalue weighted by atomic mass is 32.1. The molecule has 3 fully saturated rings. The van der Waals surface area contributed by atoms with Crippen LogP contribution >= 0.6 is 11.3 Å². The highest BCUT2D eigenvalue weighted by molar-refractivity contribution is 7.22. The van der Waals surface area contributed by atoms with Gasteiger partial charge in [-0.05, 0) is 62.8 Å². The van der Waals surface area contributed by atoms with Crippen LogP contribution in [0.1, 0.15) is 44.1 Å². The summed E-state index contributed by atoms with van der Waals surface area (Å²) >= 11 is 0.751. The van der Waals surface area contributed by atoms with Gasteiger partial charge in [0.05, 0.1) is 21.3 Å². The summed E-state index contributed by atoms with van der Waals surface area (Å²) in [6.07, 6.45) is -2.29. The van der Waals surface area contributed by atoms with Crippen LogP contribution in [0.15, 0.2) is 18.2 Å². The van der Waals surface area contributed by atoms with Gasteiger partial charge in [-0.3, -0.25) is 4.90 Å². The number of ether oxygens (including phenoxy) is 1. The van der Waals surface area contributed by atoms with Crippen LogP contribution in [0.25, 0.3) is 32.2 Å². The lowest BCUT2D eigenvalue weighted by molar-refractivity contribution is -0.137. The van der Waals surface area contributed by atoms with Gasteiger partial charge in [0.25, 0.3) is 0 Å². The Kier molecular flexibility index (Phi) is 7.91. The summed E-state index contributed by atoms with van der Waals surface area (Å²) in [6, 6.07) is 2.61. The zero-order chi connectivity index (χ0) is 32.4. The van der Waals surface area contributed by atoms with Crippen LogP contribution in [0.4, 0.5) is 37.3 Å². The quantitative estimate of drug-likeness (QED) is 0.230. The topological polar surface area (TPSA) is 101 Å². The maximum absolute atomic E-state index is 16.8. The lowest BCUT2D eigenvalue weighted by Gasteiger charge is -2.31. The largest absolute Gasteiger partial charge is 0.461 e. The van der Waals surface area contributed by atoms with Gasteiger partial charge in [0.15, 0.2) is 10.9 Å². The zero-order valence-electron chi connectivity index (χ0n) is 24.7. The maximum Gasteiger partial charge on any atom is 0.417 e. The molecule has 0 saturated carbocycles. The van der Waals surface area contributed by atoms with E-state index in [-0.39, 0.29) is 63.7 Å². The number of fused-ring (bicyclic) bond motifs is 3. The summed E-state index contributed by atoms with van der Waals surface area (Å²) in [7, 11) is 0. The fraction of sp³-hybridized carbons (Fsp3) is 0.516. The number of hydrogen-bond acceptors (Lipinski definition) is 9. The van der Waals surface area contributed by atoms with E-state index >= 15 is 4.39 Å². The fourth-order valence-electron chi connectivity index (χ4n) is 7.38. The molecule has 3 aliphatic rings. The van der Waals surface area contributed by atoms with Crippen molar-refractivity contribution in [3.63, 3.8) is 0 Å². The lowest BCUT2D eigenvalue weighted by Crippen LogP contribution is -2.43. The summed E-state index contributed by atoms with van der Waals surface area (Å²) < 4.78 is 96.1. The maximum atomic E-state index is 16.8. The van der Waals surface area contributed by atoms with Crippen molar-refractivity contribution in [1.82, 2.24) is 19.9 Å². The van der Waals surface area contributed by atoms with Crippen molar-refractivity contribution < 1.29 is 36.2 Å². The van der Waals surface area contributed by atoms with Crippen LogP contribution in [-0.4, -0.2) is 76.1 Å². The highest BCUT2D eigenvalue weighted by Gasteiger charge is 2.49. The number of nitrogen functional groups attached to an aromatic ring is 1. The summed E-state index contributed by atoms with van der Waals surface area (Å²) in [6.45, 7) is 1.79. The molecule has 3 atom stereocenters. The minimum absolute atomic E-state index is 0.0118. The van der Waals surface area contributed by atoms with Crippen molar-refractivity contribution in [2.45, 2.75) is 56.4 Å². The van der Waals surface area contributed by atoms with Gasteiger partial charge in [-0.25, -0.2) is 18.2 Å². The number of rotatable bonds is 6. The average molecular weight is 667 g/mol. The normalized spacial score (nSPS) is 24.2. The molecule has 246 valence electrons. The standard InChI is InChI=1S/C31H32F6N6O2S/c32-17-12-30(7-2-9-43(30)13-17)15-45-29-40-24-19(27(41-29)42-8-1-3-16(14-44)6-10-42)11-20(31(35,36)37)22(23(24)34)18-4-5-21(33)26-25(18)39-28(38)46-26/h4-5,11,16-17,44H,1-3,6-10,12-15H2,(H2,38,39)/t16?,17-,30+/m1/s1. The van der Waals surface area contributed by atoms with Crippen molar-refractivity contribution in [2.75, 3.05) is 50.0 Å². The summed E-state index contributed by atoms with van der Waals surface area (Å²) in [5.74, 6) is -1.94. The van der Waals surface area contributed by atoms with Crippen molar-refractivity contribution in [2.24, 2.45) is 5.92 Å². The molecule has 2 aromatic heterocycles. The Morgan fingerprint density at radius 2 is 1.89 bits per heavy atom. The predicted molar refractivity (Wildman–Crippen MR) is 163 cm³/mol. The van der Waals surface area contributed by atoms with E-state index in [1.165, 1.54) is 0 Å². The molecule has 3 saturated heterocycles. The Hall–Kier alpha value is -3.43. The van der Waals surface area contributed by atoms with Crippen molar-refractivity contribution in [3.8, 4) is 17.1 Å². The number of hydrogen-bond donors (Lipinski definition) is 2. The molecular formula is C31H32F6N6O2S. The molecule has 3 aliphatic heterocycles. The van der Waals surface area contributed by atoms with Gasteiger partial charge in [0.2, 0.25) is 0 Å². The van der Waals surface area contributed by atoms with E-state index in [4.69, 9.17) is 10.5 Å². The predicted octanol–water partition coefficient (Wildman–Crippen LogP) is 6.34. The Morgan fingerprint density at radius 1 is 1.07 bits per heavy atom. The second-order valence-electron chi connectivity index (χ2n) is 12.5. The first-order valence-electron chi connectivity index (χ1n) is 15.3. The zero-order valence-corrected chi connectivity index (χ0v) is 25.5. The molecular weight excluding hydrogens is 634 g/mol. The van der Waals surface area contributed by atoms with Crippen LogP contribution in [-0.2, 0) is 6.18 Å². The van der Waals surface area contributed by atoms with Gasteiger partial charge in [0.1, 0.15) is 29.9 Å². The van der Waals surface area contributed by atoms with E-state index in [1.54, 1.807) is 4.90 Å². The van der Waals surface area contributed by atoms with Gasteiger partial charge >= 0.3 is 12.2 Å². The van der Waals surface area contributed by atoms with E-state index < -0.39 is 46.2 Å². The third-order valence-electron chi connectivity index (χ3n) is 9.61. The van der Waals surface area contributed by atoms with E-state index in [1.807, 2.05) is 4.90 Å². The Labute approximate surface area is 264 Å². The minimum Gasteiger partial charge on any atom is -0.461 e. The summed E-state index contributed by atoms with van der Waals surface area (Å²) in [5, 5.41) is 9.50. The van der Waals surface area contributed by atoms with E-state index in [0.29, 0.717) is 45.3 Å². The molecule has 1 unspecified atom stereocenters. The van der Waals surface area contributed by atoms with Gasteiger partial charge < -0.3 is 20.5 Å². The van der Waals surface area contributed by atoms with Gasteiger partial charge in [-0.1, -0.05) is 11.3 Å². The molecule has 0 aliphatic carbocycles. The molecule has 0 spiro atoms. The number of halogens is 6. The highest BCUT2D eigenvalue weighted by Crippen LogP contribution is 2.46. The summed E-state index contributed by atoms with van der Waals surface area (Å²) in [4.78, 5) is 16.7. The Morgan fingerprint density at radius 3 is 2.67 bits per heavy atom. The molecule has 5 heterocycles. The number of aromatic nitrogens is 3. The van der Waals surface area contributed by atoms with Crippen LogP contribution < -0.4 is 15.4 Å². The molecule has 0 amide bonds. The second kappa shape index (κ2) is 11.7. The van der Waals surface area contributed by atoms with Crippen LogP contribution in [0, 0.1) is 17.6 Å². The molecule has 15 heteroatoms. The van der Waals surface area contributed by atoms with E-state index in [2.05, 4.69) is 15.0 Å². The van der Waals surface area contributed by atoms with Crippen molar-refractivity contribution in [1.29, 1.82) is 0 Å². The van der Waals surface area contributed by atoms with Gasteiger partial charge in [-0.2, -0.15) is 23.1 Å². The Balaban J connectivity index is 1.42. The molecule has 0 bridgehead atoms. The molecule has 8 nitrogen and oxygen atoms in total. The SMILES string of the molecule is Nc1nc2c(-c3c(C(F)(F)F)cc4c(N5CCCC(CO)CC5)nc(OC[C@@]56CCCN5C[C@H](F)C6)nc4c3F)ccc(F)c2s1. The van der Waals surface area contributed by atoms with Crippen molar-refractivity contribution >= 4 is 43.4 Å². The molecule has 4 aromatic rings. The van der Waals surface area contributed by atoms with Crippen LogP contribution in [0.2, 0.25) is 0 Å². The first-order valence-corrected chi connectivity index (χ1v) is 16.1. The summed E-state index contributed by atoms with van der Waals surface area (Å²) in [5.41, 5.74) is 2.22. The number of thiazole rings is 1. The van der Waals surface area contributed by atoms with Gasteiger partial charge in [0, 0.05) is 49.2 Å². The molecule has 46 heavy (non-hydrogen) atoms. The number of alkyl halides is 4. The average Bonchev–Trinajstić information content (AvgIpc) is 3.61. The number of nitrogens with zero attached hydrogens (tertiary/aromatic N) is 5. The fourth-order valence-corrected chi connectivity index (χ4v) is 8.15. The minimum atomic E-state index is -5.02. The van der Waals surface area contributed by atoms with Crippen LogP contribution in [0.3, 0.4) is 0 Å². The second-order valence-corrected chi connectivity index (χ2v) is 13.5. The lowest BCUT2D eigenvalue weighted by atomic mass is 9.95. The number of anilines is 2. The molecule has 7 rings (SSSR count). The monoisotopic (exact) mass is 666 g/mol. The first-order chi connectivity index (χ1) is 22.0. The van der Waals surface area contributed by atoms with Crippen molar-refractivity contribution in [3.05, 3.63) is 35.4 Å². The molecule has 0 radical (unpaired) electrons. The van der Waals surface area contributed by atoms with Gasteiger partial charge in [-0.15, -0.1) is 0 Å². The third-order valence-corrected chi connectivity index (χ3v) is 10.5. The van der Waals surface area contributed by atoms with Crippen LogP contribution in [0.5, 0.6) is 6.01 Å². The molecule has 2 aromatic carbocycles. The molecule has 3 N–H and O–H groups in total. The number of benzene rings is 2. The third kappa shape index (κ3) is 5.39. The number of aliphatic hydroxyl groups excluding tert-OH is 1. The van der Waals surface area contributed by atoms with E-state index in [9.17, 15) is 27.1 Å².